The van der Waals surface area contributed by atoms with Crippen molar-refractivity contribution in [1.82, 2.24) is 0 Å². The van der Waals surface area contributed by atoms with E-state index in [1.807, 2.05) is 42.5 Å². The van der Waals surface area contributed by atoms with Gasteiger partial charge in [-0.25, -0.2) is 0 Å². The highest BCUT2D eigenvalue weighted by molar-refractivity contribution is 6.98. The maximum Gasteiger partial charge on any atom is 0.260 e. The zero-order valence-electron chi connectivity index (χ0n) is 18.1. The Morgan fingerprint density at radius 1 is 0.529 bits per heavy atom. The van der Waals surface area contributed by atoms with E-state index in [9.17, 15) is 0 Å². The molecule has 0 amide bonds. The molecule has 0 aliphatic carbocycles. The van der Waals surface area contributed by atoms with Crippen LogP contribution in [0.3, 0.4) is 0 Å². The van der Waals surface area contributed by atoms with Crippen molar-refractivity contribution in [2.45, 2.75) is 0 Å². The number of para-hydroxylation sites is 3. The summed E-state index contributed by atoms with van der Waals surface area (Å²) in [6, 6.07) is 35.4. The van der Waals surface area contributed by atoms with E-state index in [1.54, 1.807) is 0 Å². The summed E-state index contributed by atoms with van der Waals surface area (Å²) in [5.74, 6) is 3.50. The highest BCUT2D eigenvalue weighted by Gasteiger charge is 2.39. The van der Waals surface area contributed by atoms with Crippen LogP contribution in [-0.4, -0.2) is 6.71 Å². The second-order valence-corrected chi connectivity index (χ2v) is 8.88. The van der Waals surface area contributed by atoms with Gasteiger partial charge >= 0.3 is 0 Å². The van der Waals surface area contributed by atoms with Crippen molar-refractivity contribution in [1.29, 1.82) is 0 Å². The number of hydrogen-bond donors (Lipinski definition) is 0. The van der Waals surface area contributed by atoms with Crippen LogP contribution < -0.4 is 25.9 Å². The Bertz CT molecular complexity index is 1770. The third kappa shape index (κ3) is 2.37. The van der Waals surface area contributed by atoms with Crippen LogP contribution in [0.15, 0.2) is 108 Å². The minimum absolute atomic E-state index is 0.0507. The first-order chi connectivity index (χ1) is 16.8. The molecular weight excluding hydrogens is 419 g/mol. The average Bonchev–Trinajstić information content (AvgIpc) is 3.27. The first-order valence-corrected chi connectivity index (χ1v) is 11.5. The van der Waals surface area contributed by atoms with Gasteiger partial charge in [-0.2, -0.15) is 0 Å². The molecule has 3 heterocycles. The highest BCUT2D eigenvalue weighted by atomic mass is 16.5. The number of ether oxygens (including phenoxy) is 2. The molecule has 0 N–H and O–H groups in total. The molecule has 0 bridgehead atoms. The van der Waals surface area contributed by atoms with Gasteiger partial charge in [0.1, 0.15) is 34.2 Å². The Kier molecular flexibility index (Phi) is 3.48. The number of hydrogen-bond acceptors (Lipinski definition) is 3. The van der Waals surface area contributed by atoms with Crippen LogP contribution in [0.25, 0.3) is 33.1 Å². The zero-order chi connectivity index (χ0) is 22.2. The van der Waals surface area contributed by atoms with Gasteiger partial charge in [-0.3, -0.25) is 0 Å². The van der Waals surface area contributed by atoms with E-state index in [0.29, 0.717) is 0 Å². The fourth-order valence-electron chi connectivity index (χ4n) is 5.52. The van der Waals surface area contributed by atoms with Crippen LogP contribution in [0, 0.1) is 0 Å². The molecule has 0 saturated carbocycles. The summed E-state index contributed by atoms with van der Waals surface area (Å²) in [6.07, 6.45) is 0. The summed E-state index contributed by atoms with van der Waals surface area (Å²) < 4.78 is 18.9. The van der Waals surface area contributed by atoms with Crippen molar-refractivity contribution >= 4 is 45.0 Å². The molecule has 158 valence electrons. The Hall–Kier alpha value is -4.44. The molecule has 0 fully saturated rings. The zero-order valence-corrected chi connectivity index (χ0v) is 18.1. The Balaban J connectivity index is 1.38. The lowest BCUT2D eigenvalue weighted by atomic mass is 9.35. The van der Waals surface area contributed by atoms with E-state index in [4.69, 9.17) is 13.9 Å². The Morgan fingerprint density at radius 2 is 1.24 bits per heavy atom. The first-order valence-electron chi connectivity index (χ1n) is 11.5. The summed E-state index contributed by atoms with van der Waals surface area (Å²) in [7, 11) is 0. The number of rotatable bonds is 1. The Labute approximate surface area is 196 Å². The molecule has 0 saturated heterocycles. The molecule has 34 heavy (non-hydrogen) atoms. The van der Waals surface area contributed by atoms with Crippen molar-refractivity contribution in [3.8, 4) is 34.1 Å². The van der Waals surface area contributed by atoms with Gasteiger partial charge in [-0.05, 0) is 46.8 Å². The molecule has 6 aromatic rings. The predicted octanol–water partition coefficient (Wildman–Crippen LogP) is 5.98. The van der Waals surface area contributed by atoms with E-state index in [-0.39, 0.29) is 6.71 Å². The molecular formula is C30H17BO3. The van der Waals surface area contributed by atoms with E-state index in [0.717, 1.165) is 72.5 Å². The van der Waals surface area contributed by atoms with Crippen LogP contribution in [0.1, 0.15) is 0 Å². The molecule has 0 radical (unpaired) electrons. The maximum atomic E-state index is 6.36. The fraction of sp³-hybridized carbons (Fsp3) is 0. The van der Waals surface area contributed by atoms with Crippen molar-refractivity contribution in [2.75, 3.05) is 0 Å². The highest BCUT2D eigenvalue weighted by Crippen LogP contribution is 2.38. The van der Waals surface area contributed by atoms with Gasteiger partial charge in [0.15, 0.2) is 0 Å². The minimum atomic E-state index is 0.0507. The van der Waals surface area contributed by atoms with Gasteiger partial charge in [-0.15, -0.1) is 0 Å². The van der Waals surface area contributed by atoms with E-state index >= 15 is 0 Å². The topological polar surface area (TPSA) is 31.6 Å². The van der Waals surface area contributed by atoms with Gasteiger partial charge in [0, 0.05) is 21.8 Å². The molecule has 3 nitrogen and oxygen atoms in total. The summed E-state index contributed by atoms with van der Waals surface area (Å²) in [4.78, 5) is 0. The second kappa shape index (κ2) is 6.55. The smallest absolute Gasteiger partial charge is 0.260 e. The first kappa shape index (κ1) is 18.0. The molecule has 1 aromatic heterocycles. The summed E-state index contributed by atoms with van der Waals surface area (Å²) >= 11 is 0. The minimum Gasteiger partial charge on any atom is -0.458 e. The Morgan fingerprint density at radius 3 is 2.15 bits per heavy atom. The lowest BCUT2D eigenvalue weighted by Crippen LogP contribution is -2.57. The van der Waals surface area contributed by atoms with Crippen molar-refractivity contribution < 1.29 is 13.9 Å². The van der Waals surface area contributed by atoms with E-state index in [2.05, 4.69) is 60.7 Å². The largest absolute Gasteiger partial charge is 0.458 e. The molecule has 5 aromatic carbocycles. The predicted molar refractivity (Wildman–Crippen MR) is 137 cm³/mol. The van der Waals surface area contributed by atoms with Crippen LogP contribution in [0.5, 0.6) is 23.0 Å². The van der Waals surface area contributed by atoms with Gasteiger partial charge in [-0.1, -0.05) is 72.8 Å². The number of fused-ring (bicyclic) bond motifs is 7. The van der Waals surface area contributed by atoms with Crippen LogP contribution in [0.2, 0.25) is 0 Å². The molecule has 2 aliphatic rings. The number of benzene rings is 5. The van der Waals surface area contributed by atoms with Crippen molar-refractivity contribution in [2.24, 2.45) is 0 Å². The molecule has 0 unspecified atom stereocenters. The van der Waals surface area contributed by atoms with Gasteiger partial charge in [0.05, 0.1) is 0 Å². The quantitative estimate of drug-likeness (QED) is 0.297. The summed E-state index contributed by atoms with van der Waals surface area (Å²) in [5.41, 5.74) is 7.39. The molecule has 0 atom stereocenters. The van der Waals surface area contributed by atoms with Gasteiger partial charge in [0.25, 0.3) is 6.71 Å². The standard InChI is InChI=1S/C30H17BO3/c1-3-11-24-20(7-1)21-9-5-8-19(30(21)34-24)18-15-16-26-23(17-18)31-22-10-2-4-12-25(22)32-27-13-6-14-28(33-26)29(27)31/h1-17H. The van der Waals surface area contributed by atoms with Crippen LogP contribution in [-0.2, 0) is 0 Å². The molecule has 8 rings (SSSR count). The average molecular weight is 436 g/mol. The lowest BCUT2D eigenvalue weighted by molar-refractivity contribution is 0.464. The second-order valence-electron chi connectivity index (χ2n) is 8.88. The van der Waals surface area contributed by atoms with E-state index in [1.165, 1.54) is 0 Å². The fourth-order valence-corrected chi connectivity index (χ4v) is 5.52. The van der Waals surface area contributed by atoms with Crippen molar-refractivity contribution in [3.63, 3.8) is 0 Å². The van der Waals surface area contributed by atoms with Gasteiger partial charge < -0.3 is 13.9 Å². The van der Waals surface area contributed by atoms with Crippen LogP contribution in [0.4, 0.5) is 0 Å². The molecule has 4 heteroatoms. The monoisotopic (exact) mass is 436 g/mol. The third-order valence-electron chi connectivity index (χ3n) is 7.02. The molecule has 2 aliphatic heterocycles. The SMILES string of the molecule is c1ccc2c(c1)Oc1cccc3c1B2c1cc(-c2cccc4c2oc2ccccc24)ccc1O3. The summed E-state index contributed by atoms with van der Waals surface area (Å²) in [6.45, 7) is 0.0507. The lowest BCUT2D eigenvalue weighted by Gasteiger charge is -2.33. The maximum absolute atomic E-state index is 6.36. The van der Waals surface area contributed by atoms with Gasteiger partial charge in [0.2, 0.25) is 0 Å². The van der Waals surface area contributed by atoms with Crippen LogP contribution >= 0.6 is 0 Å². The van der Waals surface area contributed by atoms with Crippen molar-refractivity contribution in [3.05, 3.63) is 103 Å². The number of furan rings is 1. The summed E-state index contributed by atoms with van der Waals surface area (Å²) in [5, 5.41) is 2.27. The van der Waals surface area contributed by atoms with E-state index < -0.39 is 0 Å². The third-order valence-corrected chi connectivity index (χ3v) is 7.02. The molecule has 0 spiro atoms. The normalized spacial score (nSPS) is 13.1.